The fraction of sp³-hybridized carbons (Fsp3) is 0.591. The highest BCUT2D eigenvalue weighted by molar-refractivity contribution is 5.26. The first-order valence-corrected chi connectivity index (χ1v) is 9.59. The number of unbranched alkanes of at least 4 members (excludes halogenated alkanes) is 4. The minimum absolute atomic E-state index is 0.239. The van der Waals surface area contributed by atoms with Gasteiger partial charge >= 0.3 is 0 Å². The zero-order chi connectivity index (χ0) is 17.2. The van der Waals surface area contributed by atoms with Crippen LogP contribution in [0.4, 0.5) is 4.39 Å². The number of allylic oxidation sites excluding steroid dienone is 2. The fourth-order valence-corrected chi connectivity index (χ4v) is 3.75. The first-order chi connectivity index (χ1) is 11.7. The van der Waals surface area contributed by atoms with Crippen molar-refractivity contribution in [3.8, 4) is 6.07 Å². The Hall–Kier alpha value is -1.62. The summed E-state index contributed by atoms with van der Waals surface area (Å²) in [5.41, 5.74) is 2.87. The van der Waals surface area contributed by atoms with Gasteiger partial charge < -0.3 is 0 Å². The summed E-state index contributed by atoms with van der Waals surface area (Å²) < 4.78 is 13.1. The molecule has 24 heavy (non-hydrogen) atoms. The number of aryl methyl sites for hydroxylation is 1. The van der Waals surface area contributed by atoms with Crippen molar-refractivity contribution in [2.24, 2.45) is 5.92 Å². The van der Waals surface area contributed by atoms with Crippen LogP contribution >= 0.6 is 0 Å². The van der Waals surface area contributed by atoms with Crippen molar-refractivity contribution in [2.45, 2.75) is 77.0 Å². The summed E-state index contributed by atoms with van der Waals surface area (Å²) in [4.78, 5) is 0. The summed E-state index contributed by atoms with van der Waals surface area (Å²) in [5, 5.41) is 8.53. The predicted molar refractivity (Wildman–Crippen MR) is 98.4 cm³/mol. The highest BCUT2D eigenvalue weighted by atomic mass is 19.1. The van der Waals surface area contributed by atoms with Gasteiger partial charge in [-0.05, 0) is 67.6 Å². The molecule has 1 aliphatic carbocycles. The molecule has 1 aromatic carbocycles. The van der Waals surface area contributed by atoms with Crippen LogP contribution in [0.2, 0.25) is 0 Å². The topological polar surface area (TPSA) is 23.8 Å². The normalized spacial score (nSPS) is 21.5. The van der Waals surface area contributed by atoms with Gasteiger partial charge in [0, 0.05) is 0 Å². The number of halogens is 1. The average molecular weight is 327 g/mol. The molecule has 130 valence electrons. The molecule has 1 aromatic rings. The Morgan fingerprint density at radius 1 is 1.08 bits per heavy atom. The number of rotatable bonds is 8. The standard InChI is InChI=1S/C22H30FN/c1-2-3-4-5-6-7-18-8-12-20(13-9-18)21-14-10-19(11-15-21)16-22(23)17-24/h8-9,12-13,16,19,21H,2-7,10-11,14-15H2,1H3/t19-,21-. The lowest BCUT2D eigenvalue weighted by Gasteiger charge is -2.27. The molecule has 0 N–H and O–H groups in total. The van der Waals surface area contributed by atoms with Gasteiger partial charge in [-0.3, -0.25) is 0 Å². The summed E-state index contributed by atoms with van der Waals surface area (Å²) in [6.07, 6.45) is 13.5. The lowest BCUT2D eigenvalue weighted by molar-refractivity contribution is 0.372. The molecule has 1 nitrogen and oxygen atoms in total. The lowest BCUT2D eigenvalue weighted by Crippen LogP contribution is -2.12. The molecular formula is C22H30FN. The monoisotopic (exact) mass is 327 g/mol. The Bertz CT molecular complexity index is 544. The van der Waals surface area contributed by atoms with Gasteiger partial charge in [0.15, 0.2) is 5.83 Å². The van der Waals surface area contributed by atoms with Gasteiger partial charge in [-0.25, -0.2) is 0 Å². The molecule has 0 atom stereocenters. The van der Waals surface area contributed by atoms with Crippen LogP contribution in [0.1, 0.15) is 81.8 Å². The molecule has 2 heteroatoms. The van der Waals surface area contributed by atoms with Crippen molar-refractivity contribution in [3.63, 3.8) is 0 Å². The van der Waals surface area contributed by atoms with E-state index in [-0.39, 0.29) is 5.92 Å². The third-order valence-electron chi connectivity index (χ3n) is 5.28. The molecule has 0 unspecified atom stereocenters. The van der Waals surface area contributed by atoms with Crippen molar-refractivity contribution in [1.82, 2.24) is 0 Å². The van der Waals surface area contributed by atoms with Gasteiger partial charge in [0.2, 0.25) is 0 Å². The average Bonchev–Trinajstić information content (AvgIpc) is 2.63. The van der Waals surface area contributed by atoms with E-state index in [1.165, 1.54) is 55.7 Å². The smallest absolute Gasteiger partial charge is 0.195 e. The Labute approximate surface area is 146 Å². The summed E-state index contributed by atoms with van der Waals surface area (Å²) in [6.45, 7) is 2.25. The Kier molecular flexibility index (Phi) is 8.02. The number of hydrogen-bond donors (Lipinski definition) is 0. The minimum Gasteiger partial charge on any atom is -0.195 e. The second-order valence-electron chi connectivity index (χ2n) is 7.14. The number of benzene rings is 1. The maximum absolute atomic E-state index is 13.1. The summed E-state index contributed by atoms with van der Waals surface area (Å²) >= 11 is 0. The highest BCUT2D eigenvalue weighted by Crippen LogP contribution is 2.36. The molecule has 0 heterocycles. The van der Waals surface area contributed by atoms with E-state index in [9.17, 15) is 4.39 Å². The van der Waals surface area contributed by atoms with E-state index in [4.69, 9.17) is 5.26 Å². The Balaban J connectivity index is 1.77. The van der Waals surface area contributed by atoms with Crippen LogP contribution in [-0.4, -0.2) is 0 Å². The molecule has 0 aliphatic heterocycles. The molecular weight excluding hydrogens is 297 g/mol. The van der Waals surface area contributed by atoms with Crippen LogP contribution in [0.25, 0.3) is 0 Å². The SMILES string of the molecule is CCCCCCCc1ccc([C@H]2CC[C@H](C=C(F)C#N)CC2)cc1. The summed E-state index contributed by atoms with van der Waals surface area (Å²) in [5.74, 6) is 0.212. The third kappa shape index (κ3) is 6.11. The highest BCUT2D eigenvalue weighted by Gasteiger charge is 2.21. The van der Waals surface area contributed by atoms with E-state index in [1.807, 2.05) is 0 Å². The van der Waals surface area contributed by atoms with Crippen molar-refractivity contribution < 1.29 is 4.39 Å². The molecule has 0 aromatic heterocycles. The van der Waals surface area contributed by atoms with E-state index in [2.05, 4.69) is 31.2 Å². The van der Waals surface area contributed by atoms with Crippen molar-refractivity contribution in [2.75, 3.05) is 0 Å². The van der Waals surface area contributed by atoms with Crippen LogP contribution in [0.3, 0.4) is 0 Å². The van der Waals surface area contributed by atoms with E-state index in [0.29, 0.717) is 5.92 Å². The maximum Gasteiger partial charge on any atom is 0.196 e. The van der Waals surface area contributed by atoms with Crippen LogP contribution in [-0.2, 0) is 6.42 Å². The fourth-order valence-electron chi connectivity index (χ4n) is 3.75. The lowest BCUT2D eigenvalue weighted by atomic mass is 9.78. The van der Waals surface area contributed by atoms with E-state index >= 15 is 0 Å². The number of nitriles is 1. The Morgan fingerprint density at radius 3 is 2.38 bits per heavy atom. The van der Waals surface area contributed by atoms with Crippen LogP contribution in [0, 0.1) is 17.2 Å². The van der Waals surface area contributed by atoms with Crippen LogP contribution in [0.5, 0.6) is 0 Å². The van der Waals surface area contributed by atoms with Crippen LogP contribution in [0.15, 0.2) is 36.2 Å². The second kappa shape index (κ2) is 10.3. The van der Waals surface area contributed by atoms with Gasteiger partial charge in [-0.1, -0.05) is 56.9 Å². The maximum atomic E-state index is 13.1. The predicted octanol–water partition coefficient (Wildman–Crippen LogP) is 6.85. The Morgan fingerprint density at radius 2 is 1.75 bits per heavy atom. The van der Waals surface area contributed by atoms with Crippen LogP contribution < -0.4 is 0 Å². The van der Waals surface area contributed by atoms with Gasteiger partial charge in [-0.15, -0.1) is 0 Å². The molecule has 0 radical (unpaired) electrons. The molecule has 0 bridgehead atoms. The van der Waals surface area contributed by atoms with Gasteiger partial charge in [0.25, 0.3) is 0 Å². The van der Waals surface area contributed by atoms with Crippen molar-refractivity contribution in [3.05, 3.63) is 47.3 Å². The molecule has 0 spiro atoms. The zero-order valence-corrected chi connectivity index (χ0v) is 14.9. The third-order valence-corrected chi connectivity index (χ3v) is 5.28. The molecule has 2 rings (SSSR count). The van der Waals surface area contributed by atoms with Crippen molar-refractivity contribution in [1.29, 1.82) is 5.26 Å². The second-order valence-corrected chi connectivity index (χ2v) is 7.14. The molecule has 1 fully saturated rings. The molecule has 1 aliphatic rings. The minimum atomic E-state index is -0.623. The van der Waals surface area contributed by atoms with E-state index < -0.39 is 5.83 Å². The van der Waals surface area contributed by atoms with Gasteiger partial charge in [-0.2, -0.15) is 9.65 Å². The quantitative estimate of drug-likeness (QED) is 0.378. The zero-order valence-electron chi connectivity index (χ0n) is 14.9. The number of hydrogen-bond acceptors (Lipinski definition) is 1. The summed E-state index contributed by atoms with van der Waals surface area (Å²) in [7, 11) is 0. The first-order valence-electron chi connectivity index (χ1n) is 9.59. The largest absolute Gasteiger partial charge is 0.196 e. The van der Waals surface area contributed by atoms with Gasteiger partial charge in [0.1, 0.15) is 6.07 Å². The summed E-state index contributed by atoms with van der Waals surface area (Å²) in [6, 6.07) is 10.7. The van der Waals surface area contributed by atoms with Crippen molar-refractivity contribution >= 4 is 0 Å². The molecule has 0 saturated heterocycles. The molecule has 0 amide bonds. The van der Waals surface area contributed by atoms with E-state index in [0.717, 1.165) is 25.7 Å². The first kappa shape index (κ1) is 18.7. The number of nitrogens with zero attached hydrogens (tertiary/aromatic N) is 1. The molecule has 1 saturated carbocycles. The van der Waals surface area contributed by atoms with E-state index in [1.54, 1.807) is 6.07 Å². The van der Waals surface area contributed by atoms with Gasteiger partial charge in [0.05, 0.1) is 0 Å².